The average molecular weight is 297 g/mol. The molecule has 0 aliphatic rings. The number of hydrogen-bond donors (Lipinski definition) is 0. The Morgan fingerprint density at radius 2 is 2.36 bits per heavy atom. The summed E-state index contributed by atoms with van der Waals surface area (Å²) in [7, 11) is 0. The second-order valence-corrected chi connectivity index (χ2v) is 5.08. The monoisotopic (exact) mass is 295 g/mol. The molecular formula is C5H3Br2N3S. The fourth-order valence-corrected chi connectivity index (χ4v) is 3.14. The summed E-state index contributed by atoms with van der Waals surface area (Å²) in [6.07, 6.45) is 0. The molecule has 0 aliphatic heterocycles. The molecule has 0 radical (unpaired) electrons. The Bertz CT molecular complexity index is 303. The van der Waals surface area contributed by atoms with Gasteiger partial charge in [0.05, 0.1) is 10.3 Å². The van der Waals surface area contributed by atoms with Crippen LogP contribution in [0.1, 0.15) is 4.88 Å². The zero-order valence-electron chi connectivity index (χ0n) is 5.29. The molecule has 1 aromatic rings. The van der Waals surface area contributed by atoms with Crippen molar-refractivity contribution in [2.45, 2.75) is 6.54 Å². The summed E-state index contributed by atoms with van der Waals surface area (Å²) < 4.78 is 2.02. The fraction of sp³-hybridized carbons (Fsp3) is 0.200. The maximum atomic E-state index is 8.06. The minimum Gasteiger partial charge on any atom is -0.132 e. The van der Waals surface area contributed by atoms with Crippen molar-refractivity contribution in [1.82, 2.24) is 0 Å². The molecule has 0 spiro atoms. The first-order valence-corrected chi connectivity index (χ1v) is 5.09. The van der Waals surface area contributed by atoms with E-state index in [-0.39, 0.29) is 0 Å². The molecule has 1 heterocycles. The van der Waals surface area contributed by atoms with Crippen molar-refractivity contribution in [3.63, 3.8) is 0 Å². The van der Waals surface area contributed by atoms with Crippen LogP contribution in [0, 0.1) is 0 Å². The molecule has 0 amide bonds. The maximum absolute atomic E-state index is 8.06. The number of azide groups is 1. The average Bonchev–Trinajstić information content (AvgIpc) is 2.26. The van der Waals surface area contributed by atoms with E-state index >= 15 is 0 Å². The van der Waals surface area contributed by atoms with Crippen LogP contribution in [-0.2, 0) is 6.54 Å². The molecule has 1 rings (SSSR count). The van der Waals surface area contributed by atoms with E-state index in [2.05, 4.69) is 41.9 Å². The summed E-state index contributed by atoms with van der Waals surface area (Å²) in [5.41, 5.74) is 8.06. The zero-order valence-corrected chi connectivity index (χ0v) is 9.28. The predicted octanol–water partition coefficient (Wildman–Crippen LogP) is 4.08. The van der Waals surface area contributed by atoms with Crippen LogP contribution >= 0.6 is 43.2 Å². The molecule has 1 aromatic heterocycles. The SMILES string of the molecule is [N-]=[N+]=NCc1sc(Br)cc1Br. The normalized spacial score (nSPS) is 9.27. The van der Waals surface area contributed by atoms with Crippen molar-refractivity contribution >= 4 is 43.2 Å². The molecular weight excluding hydrogens is 294 g/mol. The molecule has 0 saturated heterocycles. The van der Waals surface area contributed by atoms with Crippen molar-refractivity contribution in [1.29, 1.82) is 0 Å². The number of rotatable bonds is 2. The highest BCUT2D eigenvalue weighted by atomic mass is 79.9. The Labute approximate surface area is 84.3 Å². The van der Waals surface area contributed by atoms with Gasteiger partial charge in [0.2, 0.25) is 0 Å². The maximum Gasteiger partial charge on any atom is 0.0712 e. The van der Waals surface area contributed by atoms with E-state index in [1.807, 2.05) is 6.07 Å². The van der Waals surface area contributed by atoms with Crippen molar-refractivity contribution in [3.05, 3.63) is 29.6 Å². The van der Waals surface area contributed by atoms with E-state index in [1.165, 1.54) is 0 Å². The van der Waals surface area contributed by atoms with Gasteiger partial charge in [-0.05, 0) is 43.5 Å². The molecule has 3 nitrogen and oxygen atoms in total. The lowest BCUT2D eigenvalue weighted by atomic mass is 10.5. The van der Waals surface area contributed by atoms with Crippen LogP contribution in [0.3, 0.4) is 0 Å². The van der Waals surface area contributed by atoms with Gasteiger partial charge in [0.1, 0.15) is 0 Å². The van der Waals surface area contributed by atoms with E-state index in [4.69, 9.17) is 5.53 Å². The van der Waals surface area contributed by atoms with E-state index in [1.54, 1.807) is 11.3 Å². The van der Waals surface area contributed by atoms with Gasteiger partial charge in [-0.1, -0.05) is 5.11 Å². The van der Waals surface area contributed by atoms with Crippen LogP contribution in [0.25, 0.3) is 10.4 Å². The third kappa shape index (κ3) is 2.48. The molecule has 0 N–H and O–H groups in total. The summed E-state index contributed by atoms with van der Waals surface area (Å²) in [6.45, 7) is 0.410. The largest absolute Gasteiger partial charge is 0.132 e. The van der Waals surface area contributed by atoms with Gasteiger partial charge in [-0.2, -0.15) is 0 Å². The van der Waals surface area contributed by atoms with Crippen LogP contribution in [0.4, 0.5) is 0 Å². The van der Waals surface area contributed by atoms with E-state index < -0.39 is 0 Å². The number of hydrogen-bond acceptors (Lipinski definition) is 2. The van der Waals surface area contributed by atoms with Gasteiger partial charge in [0, 0.05) is 14.3 Å². The molecule has 0 saturated carbocycles. The second kappa shape index (κ2) is 4.11. The molecule has 0 unspecified atom stereocenters. The Hall–Kier alpha value is -0.0300. The first kappa shape index (κ1) is 9.06. The second-order valence-electron chi connectivity index (χ2n) is 1.71. The Morgan fingerprint density at radius 3 is 2.82 bits per heavy atom. The van der Waals surface area contributed by atoms with E-state index in [0.717, 1.165) is 13.1 Å². The summed E-state index contributed by atoms with van der Waals surface area (Å²) in [6, 6.07) is 1.94. The van der Waals surface area contributed by atoms with Gasteiger partial charge < -0.3 is 0 Å². The minimum atomic E-state index is 0.410. The summed E-state index contributed by atoms with van der Waals surface area (Å²) in [5, 5.41) is 3.46. The van der Waals surface area contributed by atoms with Gasteiger partial charge in [0.25, 0.3) is 0 Å². The van der Waals surface area contributed by atoms with Crippen LogP contribution in [-0.4, -0.2) is 0 Å². The van der Waals surface area contributed by atoms with Gasteiger partial charge in [-0.25, -0.2) is 0 Å². The van der Waals surface area contributed by atoms with Crippen LogP contribution in [0.5, 0.6) is 0 Å². The zero-order chi connectivity index (χ0) is 8.27. The quantitative estimate of drug-likeness (QED) is 0.448. The first-order chi connectivity index (χ1) is 5.24. The number of halogens is 2. The van der Waals surface area contributed by atoms with Crippen LogP contribution in [0.2, 0.25) is 0 Å². The van der Waals surface area contributed by atoms with E-state index in [0.29, 0.717) is 6.54 Å². The highest BCUT2D eigenvalue weighted by Crippen LogP contribution is 2.31. The molecule has 0 bridgehead atoms. The van der Waals surface area contributed by atoms with Gasteiger partial charge >= 0.3 is 0 Å². The fourth-order valence-electron chi connectivity index (χ4n) is 0.580. The standard InChI is InChI=1S/C5H3Br2N3S/c6-3-1-5(7)11-4(3)2-9-10-8/h1H,2H2. The molecule has 0 aromatic carbocycles. The lowest BCUT2D eigenvalue weighted by molar-refractivity contribution is 1.07. The lowest BCUT2D eigenvalue weighted by Gasteiger charge is -1.86. The minimum absolute atomic E-state index is 0.410. The van der Waals surface area contributed by atoms with Crippen LogP contribution < -0.4 is 0 Å². The number of nitrogens with zero attached hydrogens (tertiary/aromatic N) is 3. The highest BCUT2D eigenvalue weighted by molar-refractivity contribution is 9.11. The summed E-state index contributed by atoms with van der Waals surface area (Å²) >= 11 is 8.23. The first-order valence-electron chi connectivity index (χ1n) is 2.68. The van der Waals surface area contributed by atoms with E-state index in [9.17, 15) is 0 Å². The lowest BCUT2D eigenvalue weighted by Crippen LogP contribution is -1.70. The Kier molecular flexibility index (Phi) is 3.39. The number of thiophene rings is 1. The smallest absolute Gasteiger partial charge is 0.0712 e. The van der Waals surface area contributed by atoms with Crippen LogP contribution in [0.15, 0.2) is 19.4 Å². The van der Waals surface area contributed by atoms with Gasteiger partial charge in [-0.3, -0.25) is 0 Å². The Balaban J connectivity index is 2.85. The summed E-state index contributed by atoms with van der Waals surface area (Å²) in [5.74, 6) is 0. The molecule has 58 valence electrons. The summed E-state index contributed by atoms with van der Waals surface area (Å²) in [4.78, 5) is 3.71. The third-order valence-corrected chi connectivity index (χ3v) is 3.60. The van der Waals surface area contributed by atoms with Crippen molar-refractivity contribution in [2.75, 3.05) is 0 Å². The van der Waals surface area contributed by atoms with Crippen molar-refractivity contribution in [3.8, 4) is 0 Å². The molecule has 0 aliphatic carbocycles. The molecule has 11 heavy (non-hydrogen) atoms. The topological polar surface area (TPSA) is 48.8 Å². The Morgan fingerprint density at radius 1 is 1.64 bits per heavy atom. The predicted molar refractivity (Wildman–Crippen MR) is 52.6 cm³/mol. The van der Waals surface area contributed by atoms with Crippen molar-refractivity contribution in [2.24, 2.45) is 5.11 Å². The highest BCUT2D eigenvalue weighted by Gasteiger charge is 2.02. The molecule has 0 atom stereocenters. The molecule has 6 heteroatoms. The van der Waals surface area contributed by atoms with Crippen molar-refractivity contribution < 1.29 is 0 Å². The van der Waals surface area contributed by atoms with Gasteiger partial charge in [0.15, 0.2) is 0 Å². The molecule has 0 fully saturated rings. The third-order valence-electron chi connectivity index (χ3n) is 1.00. The van der Waals surface area contributed by atoms with Gasteiger partial charge in [-0.15, -0.1) is 11.3 Å².